The van der Waals surface area contributed by atoms with E-state index in [4.69, 9.17) is 0 Å². The van der Waals surface area contributed by atoms with Gasteiger partial charge in [0.1, 0.15) is 0 Å². The fourth-order valence-electron chi connectivity index (χ4n) is 2.88. The lowest BCUT2D eigenvalue weighted by Gasteiger charge is -2.16. The summed E-state index contributed by atoms with van der Waals surface area (Å²) in [6, 6.07) is 15.6. The Morgan fingerprint density at radius 2 is 1.70 bits per heavy atom. The normalized spacial score (nSPS) is 10.6. The van der Waals surface area contributed by atoms with Crippen molar-refractivity contribution < 1.29 is 0 Å². The van der Waals surface area contributed by atoms with E-state index in [-0.39, 0.29) is 0 Å². The van der Waals surface area contributed by atoms with Crippen molar-refractivity contribution in [2.45, 2.75) is 39.5 Å². The minimum Gasteiger partial charge on any atom is -0.378 e. The van der Waals surface area contributed by atoms with Gasteiger partial charge in [0.25, 0.3) is 0 Å². The number of benzene rings is 2. The second-order valence-corrected chi connectivity index (χ2v) is 6.52. The zero-order valence-electron chi connectivity index (χ0n) is 15.0. The van der Waals surface area contributed by atoms with Gasteiger partial charge in [-0.15, -0.1) is 0 Å². The minimum atomic E-state index is 1.04. The van der Waals surface area contributed by atoms with E-state index in [1.54, 1.807) is 0 Å². The lowest BCUT2D eigenvalue weighted by molar-refractivity contribution is 0.593. The minimum absolute atomic E-state index is 1.04. The Kier molecular flexibility index (Phi) is 6.04. The quantitative estimate of drug-likeness (QED) is 0.573. The van der Waals surface area contributed by atoms with Crippen LogP contribution in [-0.4, -0.2) is 19.0 Å². The average Bonchev–Trinajstić information content (AvgIpc) is 2.55. The van der Waals surface area contributed by atoms with Crippen molar-refractivity contribution in [2.75, 3.05) is 14.1 Å². The number of nitrogens with zero attached hydrogens (tertiary/aromatic N) is 1. The number of hydrogen-bond acceptors (Lipinski definition) is 1. The maximum absolute atomic E-state index is 4.12. The summed E-state index contributed by atoms with van der Waals surface area (Å²) in [7, 11) is 4.05. The van der Waals surface area contributed by atoms with E-state index in [1.165, 1.54) is 53.5 Å². The van der Waals surface area contributed by atoms with Crippen LogP contribution in [0.3, 0.4) is 0 Å². The molecule has 0 fully saturated rings. The molecule has 0 radical (unpaired) electrons. The summed E-state index contributed by atoms with van der Waals surface area (Å²) in [5.41, 5.74) is 7.63. The zero-order valence-corrected chi connectivity index (χ0v) is 15.0. The molecule has 0 saturated carbocycles. The van der Waals surface area contributed by atoms with Gasteiger partial charge in [-0.1, -0.05) is 68.8 Å². The molecular weight excluding hydrogens is 278 g/mol. The molecule has 2 aromatic carbocycles. The first-order valence-corrected chi connectivity index (χ1v) is 8.59. The van der Waals surface area contributed by atoms with Crippen molar-refractivity contribution in [3.8, 4) is 11.1 Å². The van der Waals surface area contributed by atoms with E-state index in [0.29, 0.717) is 0 Å². The molecule has 0 atom stereocenters. The average molecular weight is 307 g/mol. The van der Waals surface area contributed by atoms with E-state index < -0.39 is 0 Å². The predicted molar refractivity (Wildman–Crippen MR) is 103 cm³/mol. The van der Waals surface area contributed by atoms with Gasteiger partial charge in [0.05, 0.1) is 0 Å². The van der Waals surface area contributed by atoms with Crippen LogP contribution < -0.4 is 0 Å². The van der Waals surface area contributed by atoms with Crippen molar-refractivity contribution in [3.63, 3.8) is 0 Å². The molecule has 0 N–H and O–H groups in total. The molecular formula is C22H29N. The zero-order chi connectivity index (χ0) is 16.8. The summed E-state index contributed by atoms with van der Waals surface area (Å²) in [6.07, 6.45) is 5.08. The highest BCUT2D eigenvalue weighted by atomic mass is 15.1. The van der Waals surface area contributed by atoms with Crippen LogP contribution in [0.5, 0.6) is 0 Å². The van der Waals surface area contributed by atoms with E-state index >= 15 is 0 Å². The van der Waals surface area contributed by atoms with Gasteiger partial charge in [0.2, 0.25) is 0 Å². The molecule has 0 unspecified atom stereocenters. The van der Waals surface area contributed by atoms with Gasteiger partial charge in [-0.3, -0.25) is 0 Å². The fraction of sp³-hybridized carbons (Fsp3) is 0.364. The van der Waals surface area contributed by atoms with Crippen molar-refractivity contribution in [2.24, 2.45) is 0 Å². The van der Waals surface area contributed by atoms with Crippen LogP contribution in [0.4, 0.5) is 0 Å². The molecule has 0 bridgehead atoms. The first kappa shape index (κ1) is 17.3. The van der Waals surface area contributed by atoms with E-state index in [2.05, 4.69) is 62.9 Å². The standard InChI is InChI=1S/C22H29N/c1-6-7-8-9-19-10-15-22(17(2)16-19)21-13-11-20(12-14-21)18(3)23(4)5/h10-16H,3,6-9H2,1-2,4-5H3. The predicted octanol–water partition coefficient (Wildman–Crippen LogP) is 5.93. The molecule has 2 rings (SSSR count). The third-order valence-corrected chi connectivity index (χ3v) is 4.43. The van der Waals surface area contributed by atoms with Crippen LogP contribution in [0.25, 0.3) is 16.8 Å². The summed E-state index contributed by atoms with van der Waals surface area (Å²) in [5, 5.41) is 0. The molecule has 0 saturated heterocycles. The molecule has 122 valence electrons. The third kappa shape index (κ3) is 4.48. The lowest BCUT2D eigenvalue weighted by Crippen LogP contribution is -2.08. The van der Waals surface area contributed by atoms with Crippen LogP contribution >= 0.6 is 0 Å². The Bertz CT molecular complexity index is 650. The van der Waals surface area contributed by atoms with Gasteiger partial charge >= 0.3 is 0 Å². The van der Waals surface area contributed by atoms with Crippen LogP contribution in [0.15, 0.2) is 49.0 Å². The van der Waals surface area contributed by atoms with E-state index in [9.17, 15) is 0 Å². The van der Waals surface area contributed by atoms with Gasteiger partial charge in [-0.05, 0) is 47.6 Å². The largest absolute Gasteiger partial charge is 0.378 e. The van der Waals surface area contributed by atoms with Crippen LogP contribution in [0.2, 0.25) is 0 Å². The van der Waals surface area contributed by atoms with Crippen molar-refractivity contribution in [3.05, 3.63) is 65.7 Å². The highest BCUT2D eigenvalue weighted by molar-refractivity contribution is 5.71. The van der Waals surface area contributed by atoms with Gasteiger partial charge < -0.3 is 4.90 Å². The number of hydrogen-bond donors (Lipinski definition) is 0. The number of unbranched alkanes of at least 4 members (excludes halogenated alkanes) is 2. The fourth-order valence-corrected chi connectivity index (χ4v) is 2.88. The monoisotopic (exact) mass is 307 g/mol. The Hall–Kier alpha value is -2.02. The molecule has 0 aliphatic carbocycles. The second-order valence-electron chi connectivity index (χ2n) is 6.52. The SMILES string of the molecule is C=C(c1ccc(-c2ccc(CCCCC)cc2C)cc1)N(C)C. The van der Waals surface area contributed by atoms with Crippen molar-refractivity contribution >= 4 is 5.70 Å². The van der Waals surface area contributed by atoms with Gasteiger partial charge in [0.15, 0.2) is 0 Å². The summed E-state index contributed by atoms with van der Waals surface area (Å²) >= 11 is 0. The van der Waals surface area contributed by atoms with Gasteiger partial charge in [-0.2, -0.15) is 0 Å². The number of rotatable bonds is 7. The molecule has 0 aromatic heterocycles. The molecule has 0 aliphatic rings. The molecule has 0 heterocycles. The highest BCUT2D eigenvalue weighted by Gasteiger charge is 2.05. The Balaban J connectivity index is 2.17. The summed E-state index contributed by atoms with van der Waals surface area (Å²) in [4.78, 5) is 2.05. The summed E-state index contributed by atoms with van der Waals surface area (Å²) in [6.45, 7) is 8.58. The van der Waals surface area contributed by atoms with Gasteiger partial charge in [-0.25, -0.2) is 0 Å². The van der Waals surface area contributed by atoms with Crippen LogP contribution in [0, 0.1) is 6.92 Å². The molecule has 0 amide bonds. The van der Waals surface area contributed by atoms with E-state index in [1.807, 2.05) is 19.0 Å². The van der Waals surface area contributed by atoms with Crippen LogP contribution in [-0.2, 0) is 6.42 Å². The molecule has 1 nitrogen and oxygen atoms in total. The first-order valence-electron chi connectivity index (χ1n) is 8.59. The lowest BCUT2D eigenvalue weighted by atomic mass is 9.95. The van der Waals surface area contributed by atoms with Crippen molar-refractivity contribution in [1.29, 1.82) is 0 Å². The second kappa shape index (κ2) is 8.01. The van der Waals surface area contributed by atoms with E-state index in [0.717, 1.165) is 5.70 Å². The van der Waals surface area contributed by atoms with Crippen molar-refractivity contribution in [1.82, 2.24) is 4.90 Å². The van der Waals surface area contributed by atoms with Crippen LogP contribution in [0.1, 0.15) is 42.9 Å². The molecule has 23 heavy (non-hydrogen) atoms. The first-order chi connectivity index (χ1) is 11.0. The Morgan fingerprint density at radius 1 is 1.00 bits per heavy atom. The maximum atomic E-state index is 4.12. The highest BCUT2D eigenvalue weighted by Crippen LogP contribution is 2.26. The Labute approximate surface area is 141 Å². The molecule has 0 spiro atoms. The topological polar surface area (TPSA) is 3.24 Å². The summed E-state index contributed by atoms with van der Waals surface area (Å²) < 4.78 is 0. The smallest absolute Gasteiger partial charge is 0.0361 e. The number of aryl methyl sites for hydroxylation is 2. The maximum Gasteiger partial charge on any atom is 0.0361 e. The summed E-state index contributed by atoms with van der Waals surface area (Å²) in [5.74, 6) is 0. The molecule has 0 aliphatic heterocycles. The Morgan fingerprint density at radius 3 is 2.26 bits per heavy atom. The van der Waals surface area contributed by atoms with Gasteiger partial charge in [0, 0.05) is 19.8 Å². The third-order valence-electron chi connectivity index (χ3n) is 4.43. The molecule has 2 aromatic rings. The molecule has 1 heteroatoms.